The van der Waals surface area contributed by atoms with Crippen LogP contribution < -0.4 is 14.8 Å². The summed E-state index contributed by atoms with van der Waals surface area (Å²) >= 11 is 0. The molecule has 32 heavy (non-hydrogen) atoms. The Morgan fingerprint density at radius 3 is 2.22 bits per heavy atom. The number of methoxy groups -OCH3 is 1. The van der Waals surface area contributed by atoms with Gasteiger partial charge in [-0.05, 0) is 67.1 Å². The van der Waals surface area contributed by atoms with Gasteiger partial charge < -0.3 is 19.7 Å². The van der Waals surface area contributed by atoms with Gasteiger partial charge in [0.15, 0.2) is 6.61 Å². The molecular weight excluding hydrogens is 404 g/mol. The third-order valence-electron chi connectivity index (χ3n) is 5.42. The van der Waals surface area contributed by atoms with Gasteiger partial charge in [-0.1, -0.05) is 39.0 Å². The van der Waals surface area contributed by atoms with Crippen LogP contribution in [0.2, 0.25) is 0 Å². The molecule has 1 N–H and O–H groups in total. The van der Waals surface area contributed by atoms with Crippen molar-refractivity contribution in [1.82, 2.24) is 10.2 Å². The van der Waals surface area contributed by atoms with Gasteiger partial charge in [0.25, 0.3) is 5.91 Å². The molecule has 0 fully saturated rings. The molecule has 0 aliphatic heterocycles. The normalized spacial score (nSPS) is 11.7. The number of carbonyl (C=O) groups is 2. The summed E-state index contributed by atoms with van der Waals surface area (Å²) in [5.74, 6) is 1.34. The molecule has 0 saturated carbocycles. The summed E-state index contributed by atoms with van der Waals surface area (Å²) in [6.45, 7) is 10.8. The number of hydrogen-bond donors (Lipinski definition) is 1. The molecule has 2 amide bonds. The van der Waals surface area contributed by atoms with Crippen molar-refractivity contribution in [2.45, 2.75) is 53.6 Å². The highest BCUT2D eigenvalue weighted by Gasteiger charge is 2.29. The molecular formula is C26H36N2O4. The highest BCUT2D eigenvalue weighted by atomic mass is 16.5. The van der Waals surface area contributed by atoms with E-state index in [1.807, 2.05) is 77.1 Å². The van der Waals surface area contributed by atoms with Crippen LogP contribution in [0.1, 0.15) is 43.9 Å². The van der Waals surface area contributed by atoms with Gasteiger partial charge in [-0.3, -0.25) is 9.59 Å². The molecule has 0 spiro atoms. The fourth-order valence-electron chi connectivity index (χ4n) is 3.30. The Balaban J connectivity index is 2.20. The first-order valence-electron chi connectivity index (χ1n) is 11.1. The van der Waals surface area contributed by atoms with E-state index in [2.05, 4.69) is 5.32 Å². The molecule has 6 nitrogen and oxygen atoms in total. The number of nitrogens with zero attached hydrogens (tertiary/aromatic N) is 1. The monoisotopic (exact) mass is 440 g/mol. The third kappa shape index (κ3) is 7.29. The second kappa shape index (κ2) is 12.1. The maximum absolute atomic E-state index is 13.2. The van der Waals surface area contributed by atoms with E-state index in [0.717, 1.165) is 22.4 Å². The zero-order valence-electron chi connectivity index (χ0n) is 20.1. The first-order chi connectivity index (χ1) is 15.2. The molecule has 0 bridgehead atoms. The fraction of sp³-hybridized carbons (Fsp3) is 0.462. The molecule has 2 rings (SSSR count). The molecule has 0 radical (unpaired) electrons. The van der Waals surface area contributed by atoms with E-state index < -0.39 is 6.04 Å². The van der Waals surface area contributed by atoms with Gasteiger partial charge in [0.1, 0.15) is 17.5 Å². The first-order valence-corrected chi connectivity index (χ1v) is 11.1. The Kier molecular flexibility index (Phi) is 9.57. The van der Waals surface area contributed by atoms with Crippen molar-refractivity contribution in [1.29, 1.82) is 0 Å². The largest absolute Gasteiger partial charge is 0.497 e. The minimum Gasteiger partial charge on any atom is -0.497 e. The van der Waals surface area contributed by atoms with Crippen molar-refractivity contribution in [2.24, 2.45) is 5.92 Å². The Hall–Kier alpha value is -3.02. The smallest absolute Gasteiger partial charge is 0.261 e. The average Bonchev–Trinajstić information content (AvgIpc) is 2.78. The minimum absolute atomic E-state index is 0.132. The van der Waals surface area contributed by atoms with Crippen molar-refractivity contribution in [2.75, 3.05) is 20.3 Å². The molecule has 2 aromatic rings. The second-order valence-electron chi connectivity index (χ2n) is 8.47. The summed E-state index contributed by atoms with van der Waals surface area (Å²) in [7, 11) is 1.61. The van der Waals surface area contributed by atoms with Crippen molar-refractivity contribution in [3.8, 4) is 11.5 Å². The zero-order chi connectivity index (χ0) is 23.7. The predicted molar refractivity (Wildman–Crippen MR) is 127 cm³/mol. The maximum Gasteiger partial charge on any atom is 0.261 e. The quantitative estimate of drug-likeness (QED) is 0.567. The lowest BCUT2D eigenvalue weighted by Crippen LogP contribution is -2.50. The van der Waals surface area contributed by atoms with Gasteiger partial charge in [-0.25, -0.2) is 0 Å². The van der Waals surface area contributed by atoms with Crippen LogP contribution in [-0.2, 0) is 16.1 Å². The molecule has 0 heterocycles. The van der Waals surface area contributed by atoms with E-state index in [1.165, 1.54) is 0 Å². The van der Waals surface area contributed by atoms with Gasteiger partial charge in [0, 0.05) is 13.1 Å². The van der Waals surface area contributed by atoms with E-state index in [1.54, 1.807) is 12.0 Å². The number of nitrogens with one attached hydrogen (secondary N) is 1. The molecule has 1 atom stereocenters. The van der Waals surface area contributed by atoms with E-state index >= 15 is 0 Å². The summed E-state index contributed by atoms with van der Waals surface area (Å²) in [6, 6.07) is 12.7. The lowest BCUT2D eigenvalue weighted by molar-refractivity contribution is -0.143. The van der Waals surface area contributed by atoms with E-state index in [4.69, 9.17) is 9.47 Å². The summed E-state index contributed by atoms with van der Waals surface area (Å²) in [5, 5.41) is 2.97. The molecule has 0 unspecified atom stereocenters. The van der Waals surface area contributed by atoms with E-state index in [-0.39, 0.29) is 18.4 Å². The second-order valence-corrected chi connectivity index (χ2v) is 8.47. The van der Waals surface area contributed by atoms with Gasteiger partial charge in [0.05, 0.1) is 7.11 Å². The molecule has 0 saturated heterocycles. The minimum atomic E-state index is -0.577. The highest BCUT2D eigenvalue weighted by Crippen LogP contribution is 2.19. The van der Waals surface area contributed by atoms with Crippen LogP contribution >= 0.6 is 0 Å². The van der Waals surface area contributed by atoms with Crippen LogP contribution in [0.5, 0.6) is 11.5 Å². The molecule has 0 aromatic heterocycles. The maximum atomic E-state index is 13.2. The molecule has 0 aliphatic carbocycles. The fourth-order valence-corrected chi connectivity index (χ4v) is 3.30. The SMILES string of the molecule is CC[C@H](C(=O)NCC(C)C)N(Cc1ccc(OC)cc1)C(=O)COc1ccc(C)c(C)c1. The lowest BCUT2D eigenvalue weighted by Gasteiger charge is -2.31. The Morgan fingerprint density at radius 1 is 1.00 bits per heavy atom. The summed E-state index contributed by atoms with van der Waals surface area (Å²) in [5.41, 5.74) is 3.18. The summed E-state index contributed by atoms with van der Waals surface area (Å²) in [6.07, 6.45) is 0.509. The average molecular weight is 441 g/mol. The van der Waals surface area contributed by atoms with Crippen molar-refractivity contribution in [3.63, 3.8) is 0 Å². The third-order valence-corrected chi connectivity index (χ3v) is 5.42. The van der Waals surface area contributed by atoms with Crippen LogP contribution in [0, 0.1) is 19.8 Å². The van der Waals surface area contributed by atoms with Gasteiger partial charge >= 0.3 is 0 Å². The van der Waals surface area contributed by atoms with Crippen LogP contribution in [0.4, 0.5) is 0 Å². The number of aryl methyl sites for hydroxylation is 2. The zero-order valence-corrected chi connectivity index (χ0v) is 20.1. The Morgan fingerprint density at radius 2 is 1.66 bits per heavy atom. The van der Waals surface area contributed by atoms with Crippen LogP contribution in [0.3, 0.4) is 0 Å². The van der Waals surface area contributed by atoms with E-state index in [0.29, 0.717) is 31.2 Å². The number of amides is 2. The molecule has 0 aliphatic rings. The number of carbonyl (C=O) groups excluding carboxylic acids is 2. The van der Waals surface area contributed by atoms with Crippen molar-refractivity contribution in [3.05, 3.63) is 59.2 Å². The summed E-state index contributed by atoms with van der Waals surface area (Å²) in [4.78, 5) is 27.8. The van der Waals surface area contributed by atoms with Crippen LogP contribution in [-0.4, -0.2) is 43.0 Å². The van der Waals surface area contributed by atoms with Gasteiger partial charge in [0.2, 0.25) is 5.91 Å². The van der Waals surface area contributed by atoms with Crippen LogP contribution in [0.25, 0.3) is 0 Å². The number of ether oxygens (including phenoxy) is 2. The Bertz CT molecular complexity index is 893. The summed E-state index contributed by atoms with van der Waals surface area (Å²) < 4.78 is 11.0. The van der Waals surface area contributed by atoms with E-state index in [9.17, 15) is 9.59 Å². The van der Waals surface area contributed by atoms with Crippen molar-refractivity contribution < 1.29 is 19.1 Å². The van der Waals surface area contributed by atoms with Gasteiger partial charge in [-0.2, -0.15) is 0 Å². The molecule has 174 valence electrons. The molecule has 2 aromatic carbocycles. The standard InChI is InChI=1S/C26H36N2O4/c1-7-24(26(30)27-15-18(2)3)28(16-21-9-12-22(31-6)13-10-21)25(29)17-32-23-11-8-19(4)20(5)14-23/h8-14,18,24H,7,15-17H2,1-6H3,(H,27,30)/t24-/m1/s1. The number of benzene rings is 2. The number of hydrogen-bond acceptors (Lipinski definition) is 4. The lowest BCUT2D eigenvalue weighted by atomic mass is 10.1. The van der Waals surface area contributed by atoms with Crippen molar-refractivity contribution >= 4 is 11.8 Å². The topological polar surface area (TPSA) is 67.9 Å². The van der Waals surface area contributed by atoms with Crippen LogP contribution in [0.15, 0.2) is 42.5 Å². The first kappa shape index (κ1) is 25.2. The van der Waals surface area contributed by atoms with Gasteiger partial charge in [-0.15, -0.1) is 0 Å². The predicted octanol–water partition coefficient (Wildman–Crippen LogP) is 4.27. The Labute approximate surface area is 191 Å². The highest BCUT2D eigenvalue weighted by molar-refractivity contribution is 5.88. The number of rotatable bonds is 11. The molecule has 6 heteroatoms.